The minimum absolute atomic E-state index is 0.389. The van der Waals surface area contributed by atoms with Gasteiger partial charge in [-0.15, -0.1) is 0 Å². The predicted octanol–water partition coefficient (Wildman–Crippen LogP) is 2.41. The van der Waals surface area contributed by atoms with Crippen molar-refractivity contribution < 1.29 is 9.26 Å². The van der Waals surface area contributed by atoms with Crippen LogP contribution in [0, 0.1) is 5.41 Å². The SMILES string of the molecule is c1cc(-c2nc(CN3CC[C@]4(CCOC4)C3)no2)cs1. The third-order valence-corrected chi connectivity index (χ3v) is 4.99. The summed E-state index contributed by atoms with van der Waals surface area (Å²) in [6.07, 6.45) is 2.41. The van der Waals surface area contributed by atoms with Gasteiger partial charge in [-0.2, -0.15) is 16.3 Å². The van der Waals surface area contributed by atoms with E-state index in [-0.39, 0.29) is 0 Å². The first-order valence-corrected chi connectivity index (χ1v) is 7.93. The highest BCUT2D eigenvalue weighted by molar-refractivity contribution is 7.08. The van der Waals surface area contributed by atoms with Crippen LogP contribution in [-0.4, -0.2) is 41.3 Å². The maximum Gasteiger partial charge on any atom is 0.258 e. The number of nitrogens with zero attached hydrogens (tertiary/aromatic N) is 3. The fraction of sp³-hybridized carbons (Fsp3) is 0.571. The quantitative estimate of drug-likeness (QED) is 0.869. The van der Waals surface area contributed by atoms with Crippen LogP contribution in [0.25, 0.3) is 11.5 Å². The molecule has 0 saturated carbocycles. The fourth-order valence-electron chi connectivity index (χ4n) is 3.16. The molecule has 1 atom stereocenters. The minimum Gasteiger partial charge on any atom is -0.381 e. The Morgan fingerprint density at radius 2 is 2.40 bits per heavy atom. The third kappa shape index (κ3) is 2.28. The molecular weight excluding hydrogens is 274 g/mol. The van der Waals surface area contributed by atoms with E-state index in [9.17, 15) is 0 Å². The van der Waals surface area contributed by atoms with E-state index in [2.05, 4.69) is 15.0 Å². The molecule has 0 aliphatic carbocycles. The van der Waals surface area contributed by atoms with Gasteiger partial charge in [-0.1, -0.05) is 5.16 Å². The van der Waals surface area contributed by atoms with Crippen molar-refractivity contribution in [2.24, 2.45) is 5.41 Å². The van der Waals surface area contributed by atoms with E-state index >= 15 is 0 Å². The van der Waals surface area contributed by atoms with Crippen molar-refractivity contribution in [1.29, 1.82) is 0 Å². The van der Waals surface area contributed by atoms with Gasteiger partial charge in [-0.25, -0.2) is 0 Å². The first-order chi connectivity index (χ1) is 9.83. The van der Waals surface area contributed by atoms with Crippen LogP contribution >= 0.6 is 11.3 Å². The summed E-state index contributed by atoms with van der Waals surface area (Å²) < 4.78 is 10.9. The highest BCUT2D eigenvalue weighted by Crippen LogP contribution is 2.38. The van der Waals surface area contributed by atoms with Crippen molar-refractivity contribution >= 4 is 11.3 Å². The molecule has 4 heterocycles. The predicted molar refractivity (Wildman–Crippen MR) is 75.4 cm³/mol. The van der Waals surface area contributed by atoms with Gasteiger partial charge in [0.2, 0.25) is 0 Å². The van der Waals surface area contributed by atoms with Crippen LogP contribution in [0.1, 0.15) is 18.7 Å². The average molecular weight is 291 g/mol. The van der Waals surface area contributed by atoms with Crippen molar-refractivity contribution in [3.05, 3.63) is 22.7 Å². The van der Waals surface area contributed by atoms with Gasteiger partial charge in [0.25, 0.3) is 5.89 Å². The van der Waals surface area contributed by atoms with Crippen LogP contribution in [0.2, 0.25) is 0 Å². The first-order valence-electron chi connectivity index (χ1n) is 6.98. The van der Waals surface area contributed by atoms with E-state index in [4.69, 9.17) is 9.26 Å². The Kier molecular flexibility index (Phi) is 3.09. The first kappa shape index (κ1) is 12.5. The van der Waals surface area contributed by atoms with Gasteiger partial charge in [0.1, 0.15) is 0 Å². The zero-order valence-corrected chi connectivity index (χ0v) is 12.1. The van der Waals surface area contributed by atoms with E-state index in [1.165, 1.54) is 12.8 Å². The molecule has 0 radical (unpaired) electrons. The Bertz CT molecular complexity index is 575. The summed E-state index contributed by atoms with van der Waals surface area (Å²) in [4.78, 5) is 6.90. The average Bonchev–Trinajstić information content (AvgIpc) is 3.21. The minimum atomic E-state index is 0.389. The molecule has 20 heavy (non-hydrogen) atoms. The summed E-state index contributed by atoms with van der Waals surface area (Å²) in [6.45, 7) is 4.80. The molecule has 106 valence electrons. The van der Waals surface area contributed by atoms with Gasteiger partial charge in [-0.05, 0) is 30.8 Å². The Morgan fingerprint density at radius 3 is 3.20 bits per heavy atom. The summed E-state index contributed by atoms with van der Waals surface area (Å²) in [5.74, 6) is 1.40. The van der Waals surface area contributed by atoms with Crippen LogP contribution in [0.4, 0.5) is 0 Å². The second kappa shape index (κ2) is 4.95. The number of hydrogen-bond acceptors (Lipinski definition) is 6. The van der Waals surface area contributed by atoms with Gasteiger partial charge in [0.05, 0.1) is 18.7 Å². The molecule has 6 heteroatoms. The Morgan fingerprint density at radius 1 is 1.40 bits per heavy atom. The molecule has 0 aromatic carbocycles. The fourth-order valence-corrected chi connectivity index (χ4v) is 3.79. The van der Waals surface area contributed by atoms with E-state index in [1.54, 1.807) is 11.3 Å². The Balaban J connectivity index is 1.43. The molecule has 2 saturated heterocycles. The van der Waals surface area contributed by atoms with Crippen LogP contribution in [0.3, 0.4) is 0 Å². The molecule has 2 aromatic rings. The van der Waals surface area contributed by atoms with Gasteiger partial charge in [-0.3, -0.25) is 4.90 Å². The van der Waals surface area contributed by atoms with Crippen molar-refractivity contribution in [3.63, 3.8) is 0 Å². The molecule has 2 aromatic heterocycles. The molecule has 2 fully saturated rings. The highest BCUT2D eigenvalue weighted by atomic mass is 32.1. The van der Waals surface area contributed by atoms with Crippen molar-refractivity contribution in [1.82, 2.24) is 15.0 Å². The molecule has 0 N–H and O–H groups in total. The second-order valence-corrected chi connectivity index (χ2v) is 6.57. The summed E-state index contributed by atoms with van der Waals surface area (Å²) in [5, 5.41) is 8.14. The molecule has 0 unspecified atom stereocenters. The third-order valence-electron chi connectivity index (χ3n) is 4.30. The van der Waals surface area contributed by atoms with E-state index < -0.39 is 0 Å². The zero-order valence-electron chi connectivity index (χ0n) is 11.2. The van der Waals surface area contributed by atoms with Crippen molar-refractivity contribution in [3.8, 4) is 11.5 Å². The van der Waals surface area contributed by atoms with Crippen LogP contribution in [-0.2, 0) is 11.3 Å². The van der Waals surface area contributed by atoms with Crippen molar-refractivity contribution in [2.75, 3.05) is 26.3 Å². The highest BCUT2D eigenvalue weighted by Gasteiger charge is 2.41. The molecule has 4 rings (SSSR count). The van der Waals surface area contributed by atoms with E-state index in [0.717, 1.165) is 44.2 Å². The number of likely N-dealkylation sites (tertiary alicyclic amines) is 1. The van der Waals surface area contributed by atoms with Gasteiger partial charge >= 0.3 is 0 Å². The number of rotatable bonds is 3. The van der Waals surface area contributed by atoms with Crippen molar-refractivity contribution in [2.45, 2.75) is 19.4 Å². The molecule has 5 nitrogen and oxygen atoms in total. The lowest BCUT2D eigenvalue weighted by Gasteiger charge is -2.20. The normalized spacial score (nSPS) is 26.8. The summed E-state index contributed by atoms with van der Waals surface area (Å²) in [7, 11) is 0. The molecule has 0 amide bonds. The van der Waals surface area contributed by atoms with Gasteiger partial charge < -0.3 is 9.26 Å². The maximum atomic E-state index is 5.56. The number of aromatic nitrogens is 2. The maximum absolute atomic E-state index is 5.56. The second-order valence-electron chi connectivity index (χ2n) is 5.79. The summed E-state index contributed by atoms with van der Waals surface area (Å²) in [5.41, 5.74) is 1.40. The topological polar surface area (TPSA) is 51.4 Å². The van der Waals surface area contributed by atoms with E-state index in [0.29, 0.717) is 11.3 Å². The number of thiophene rings is 1. The zero-order chi connectivity index (χ0) is 13.4. The van der Waals surface area contributed by atoms with Crippen LogP contribution in [0.15, 0.2) is 21.3 Å². The molecule has 0 bridgehead atoms. The Hall–Kier alpha value is -1.24. The molecule has 2 aliphatic heterocycles. The lowest BCUT2D eigenvalue weighted by atomic mass is 9.87. The largest absolute Gasteiger partial charge is 0.381 e. The monoisotopic (exact) mass is 291 g/mol. The molecule has 1 spiro atoms. The molecule has 2 aliphatic rings. The Labute approximate surface area is 121 Å². The van der Waals surface area contributed by atoms with Crippen LogP contribution < -0.4 is 0 Å². The number of hydrogen-bond donors (Lipinski definition) is 0. The standard InChI is InChI=1S/C14H17N3O2S/c1-6-20-8-11(1)13-15-12(16-19-13)7-17-4-2-14(9-17)3-5-18-10-14/h1,6,8H,2-5,7,9-10H2/t14-/m0/s1. The molecular formula is C14H17N3O2S. The lowest BCUT2D eigenvalue weighted by Crippen LogP contribution is -2.27. The van der Waals surface area contributed by atoms with Gasteiger partial charge in [0, 0.05) is 23.9 Å². The summed E-state index contributed by atoms with van der Waals surface area (Å²) >= 11 is 1.64. The number of ether oxygens (including phenoxy) is 1. The summed E-state index contributed by atoms with van der Waals surface area (Å²) in [6, 6.07) is 2.00. The van der Waals surface area contributed by atoms with Gasteiger partial charge in [0.15, 0.2) is 5.82 Å². The van der Waals surface area contributed by atoms with E-state index in [1.807, 2.05) is 16.8 Å². The smallest absolute Gasteiger partial charge is 0.258 e. The lowest BCUT2D eigenvalue weighted by molar-refractivity contribution is 0.151. The van der Waals surface area contributed by atoms with Crippen LogP contribution in [0.5, 0.6) is 0 Å².